The van der Waals surface area contributed by atoms with Gasteiger partial charge in [-0.3, -0.25) is 4.68 Å². The summed E-state index contributed by atoms with van der Waals surface area (Å²) < 4.78 is 1.66. The number of nitrogens with two attached hydrogens (primary N) is 1. The first-order valence-electron chi connectivity index (χ1n) is 4.01. The Balaban J connectivity index is 2.95. The zero-order valence-corrected chi connectivity index (χ0v) is 7.57. The van der Waals surface area contributed by atoms with Crippen LogP contribution in [-0.4, -0.2) is 14.9 Å². The monoisotopic (exact) mass is 177 g/mol. The van der Waals surface area contributed by atoms with Gasteiger partial charge in [0.05, 0.1) is 0 Å². The van der Waals surface area contributed by atoms with Crippen molar-refractivity contribution >= 4 is 16.6 Å². The molecule has 4 nitrogen and oxygen atoms in total. The zero-order valence-electron chi connectivity index (χ0n) is 7.57. The number of phenols is 1. The Morgan fingerprint density at radius 1 is 1.54 bits per heavy atom. The molecule has 0 aliphatic heterocycles. The maximum absolute atomic E-state index is 9.53. The highest BCUT2D eigenvalue weighted by atomic mass is 16.3. The van der Waals surface area contributed by atoms with E-state index in [2.05, 4.69) is 5.10 Å². The molecule has 0 aliphatic rings. The number of aromatic hydroxyl groups is 1. The van der Waals surface area contributed by atoms with Crippen LogP contribution in [0.1, 0.15) is 5.56 Å². The van der Waals surface area contributed by atoms with Crippen molar-refractivity contribution in [3.8, 4) is 5.75 Å². The van der Waals surface area contributed by atoms with E-state index >= 15 is 0 Å². The SMILES string of the molecule is Cc1c(N)cc(O)c2nn(C)cc12. The molecule has 0 saturated heterocycles. The number of nitrogens with zero attached hydrogens (tertiary/aromatic N) is 2. The number of hydrogen-bond acceptors (Lipinski definition) is 3. The Labute approximate surface area is 75.6 Å². The lowest BCUT2D eigenvalue weighted by atomic mass is 10.1. The molecule has 1 aromatic heterocycles. The van der Waals surface area contributed by atoms with Crippen LogP contribution in [0, 0.1) is 6.92 Å². The van der Waals surface area contributed by atoms with Gasteiger partial charge in [-0.25, -0.2) is 0 Å². The minimum Gasteiger partial charge on any atom is -0.506 e. The number of fused-ring (bicyclic) bond motifs is 1. The molecule has 13 heavy (non-hydrogen) atoms. The van der Waals surface area contributed by atoms with Crippen LogP contribution in [0.2, 0.25) is 0 Å². The van der Waals surface area contributed by atoms with Crippen LogP contribution in [0.3, 0.4) is 0 Å². The van der Waals surface area contributed by atoms with E-state index < -0.39 is 0 Å². The Kier molecular flexibility index (Phi) is 1.45. The number of rotatable bonds is 0. The first-order chi connectivity index (χ1) is 6.09. The fraction of sp³-hybridized carbons (Fsp3) is 0.222. The summed E-state index contributed by atoms with van der Waals surface area (Å²) in [5.74, 6) is 0.138. The van der Waals surface area contributed by atoms with Gasteiger partial charge in [0, 0.05) is 30.4 Å². The molecule has 3 N–H and O–H groups in total. The molecule has 68 valence electrons. The smallest absolute Gasteiger partial charge is 0.145 e. The second kappa shape index (κ2) is 2.39. The molecule has 0 radical (unpaired) electrons. The molecule has 0 spiro atoms. The molecule has 0 unspecified atom stereocenters. The molecular weight excluding hydrogens is 166 g/mol. The van der Waals surface area contributed by atoms with Crippen molar-refractivity contribution in [2.75, 3.05) is 5.73 Å². The summed E-state index contributed by atoms with van der Waals surface area (Å²) in [4.78, 5) is 0. The Bertz CT molecular complexity index is 473. The van der Waals surface area contributed by atoms with Gasteiger partial charge in [0.2, 0.25) is 0 Å². The molecule has 0 amide bonds. The quantitative estimate of drug-likeness (QED) is 0.594. The van der Waals surface area contributed by atoms with Crippen LogP contribution in [0.15, 0.2) is 12.3 Å². The van der Waals surface area contributed by atoms with Crippen LogP contribution < -0.4 is 5.73 Å². The first kappa shape index (κ1) is 7.91. The normalized spacial score (nSPS) is 10.9. The van der Waals surface area contributed by atoms with Crippen molar-refractivity contribution < 1.29 is 5.11 Å². The summed E-state index contributed by atoms with van der Waals surface area (Å²) in [6.45, 7) is 1.92. The van der Waals surface area contributed by atoms with Gasteiger partial charge >= 0.3 is 0 Å². The van der Waals surface area contributed by atoms with Crippen molar-refractivity contribution in [3.05, 3.63) is 17.8 Å². The van der Waals surface area contributed by atoms with E-state index in [0.717, 1.165) is 10.9 Å². The fourth-order valence-electron chi connectivity index (χ4n) is 1.43. The molecule has 0 saturated carbocycles. The number of benzene rings is 1. The molecule has 4 heteroatoms. The third-order valence-electron chi connectivity index (χ3n) is 2.20. The molecule has 0 bridgehead atoms. The number of aryl methyl sites for hydroxylation is 2. The zero-order chi connectivity index (χ0) is 9.59. The summed E-state index contributed by atoms with van der Waals surface area (Å²) >= 11 is 0. The summed E-state index contributed by atoms with van der Waals surface area (Å²) in [5.41, 5.74) is 7.86. The highest BCUT2D eigenvalue weighted by Gasteiger charge is 2.09. The van der Waals surface area contributed by atoms with E-state index in [4.69, 9.17) is 5.73 Å². The van der Waals surface area contributed by atoms with Crippen LogP contribution in [0.5, 0.6) is 5.75 Å². The lowest BCUT2D eigenvalue weighted by Crippen LogP contribution is -1.89. The standard InChI is InChI=1S/C9H11N3O/c1-5-6-4-12(2)11-9(6)8(13)3-7(5)10/h3-4,13H,10H2,1-2H3. The second-order valence-electron chi connectivity index (χ2n) is 3.17. The largest absolute Gasteiger partial charge is 0.506 e. The number of phenolic OH excluding ortho intramolecular Hbond substituents is 1. The molecule has 0 aliphatic carbocycles. The Morgan fingerprint density at radius 3 is 2.92 bits per heavy atom. The van der Waals surface area contributed by atoms with Crippen molar-refractivity contribution in [1.29, 1.82) is 0 Å². The minimum atomic E-state index is 0.138. The van der Waals surface area contributed by atoms with Crippen LogP contribution in [0.4, 0.5) is 5.69 Å². The van der Waals surface area contributed by atoms with Gasteiger partial charge in [0.1, 0.15) is 11.3 Å². The van der Waals surface area contributed by atoms with Gasteiger partial charge in [-0.05, 0) is 12.5 Å². The fourth-order valence-corrected chi connectivity index (χ4v) is 1.43. The molecule has 0 atom stereocenters. The van der Waals surface area contributed by atoms with E-state index in [1.807, 2.05) is 20.2 Å². The maximum Gasteiger partial charge on any atom is 0.145 e. The molecular formula is C9H11N3O. The van der Waals surface area contributed by atoms with Crippen LogP contribution in [0.25, 0.3) is 10.9 Å². The molecule has 0 fully saturated rings. The Hall–Kier alpha value is -1.71. The van der Waals surface area contributed by atoms with E-state index in [9.17, 15) is 5.11 Å². The number of aromatic nitrogens is 2. The summed E-state index contributed by atoms with van der Waals surface area (Å²) in [5, 5.41) is 14.6. The van der Waals surface area contributed by atoms with Gasteiger partial charge in [0.15, 0.2) is 0 Å². The van der Waals surface area contributed by atoms with Gasteiger partial charge < -0.3 is 10.8 Å². The van der Waals surface area contributed by atoms with Crippen molar-refractivity contribution in [1.82, 2.24) is 9.78 Å². The third kappa shape index (κ3) is 1.02. The summed E-state index contributed by atoms with van der Waals surface area (Å²) in [6.07, 6.45) is 1.85. The van der Waals surface area contributed by atoms with E-state index in [1.54, 1.807) is 4.68 Å². The highest BCUT2D eigenvalue weighted by Crippen LogP contribution is 2.30. The Morgan fingerprint density at radius 2 is 2.23 bits per heavy atom. The summed E-state index contributed by atoms with van der Waals surface area (Å²) in [7, 11) is 1.81. The van der Waals surface area contributed by atoms with Crippen molar-refractivity contribution in [2.45, 2.75) is 6.92 Å². The van der Waals surface area contributed by atoms with Crippen molar-refractivity contribution in [2.24, 2.45) is 7.05 Å². The third-order valence-corrected chi connectivity index (χ3v) is 2.20. The van der Waals surface area contributed by atoms with Crippen molar-refractivity contribution in [3.63, 3.8) is 0 Å². The summed E-state index contributed by atoms with van der Waals surface area (Å²) in [6, 6.07) is 1.53. The van der Waals surface area contributed by atoms with Crippen LogP contribution >= 0.6 is 0 Å². The average Bonchev–Trinajstić information content (AvgIpc) is 2.44. The molecule has 1 heterocycles. The van der Waals surface area contributed by atoms with E-state index in [0.29, 0.717) is 11.2 Å². The van der Waals surface area contributed by atoms with Gasteiger partial charge in [-0.2, -0.15) is 5.10 Å². The first-order valence-corrected chi connectivity index (χ1v) is 4.01. The average molecular weight is 177 g/mol. The molecule has 2 aromatic rings. The predicted octanol–water partition coefficient (Wildman–Crippen LogP) is 1.17. The maximum atomic E-state index is 9.53. The minimum absolute atomic E-state index is 0.138. The molecule has 1 aromatic carbocycles. The topological polar surface area (TPSA) is 64.1 Å². The molecule has 2 rings (SSSR count). The highest BCUT2D eigenvalue weighted by molar-refractivity contribution is 5.91. The number of hydrogen-bond donors (Lipinski definition) is 2. The van der Waals surface area contributed by atoms with Gasteiger partial charge in [-0.15, -0.1) is 0 Å². The van der Waals surface area contributed by atoms with E-state index in [1.165, 1.54) is 6.07 Å². The second-order valence-corrected chi connectivity index (χ2v) is 3.17. The lowest BCUT2D eigenvalue weighted by molar-refractivity contribution is 0.480. The predicted molar refractivity (Wildman–Crippen MR) is 51.5 cm³/mol. The number of nitrogen functional groups attached to an aromatic ring is 1. The van der Waals surface area contributed by atoms with Gasteiger partial charge in [0.25, 0.3) is 0 Å². The lowest BCUT2D eigenvalue weighted by Gasteiger charge is -2.01. The van der Waals surface area contributed by atoms with E-state index in [-0.39, 0.29) is 5.75 Å². The number of anilines is 1. The van der Waals surface area contributed by atoms with Crippen LogP contribution in [-0.2, 0) is 7.05 Å². The van der Waals surface area contributed by atoms with Gasteiger partial charge in [-0.1, -0.05) is 0 Å².